The van der Waals surface area contributed by atoms with E-state index in [0.29, 0.717) is 11.8 Å². The molecule has 0 bridgehead atoms. The minimum Gasteiger partial charge on any atom is -0.481 e. The standard InChI is InChI=1S/C17H24O2/c1-13-5-4-6-14(11-13)12-17(15(18)19)9-7-16(2,3)8-10-17/h4-6,11H,7-10,12H2,1-3H3,(H,18,19). The van der Waals surface area contributed by atoms with Gasteiger partial charge in [-0.1, -0.05) is 43.7 Å². The molecule has 1 aliphatic carbocycles. The van der Waals surface area contributed by atoms with Crippen molar-refractivity contribution in [3.63, 3.8) is 0 Å². The van der Waals surface area contributed by atoms with Gasteiger partial charge in [-0.2, -0.15) is 0 Å². The fourth-order valence-electron chi connectivity index (χ4n) is 3.08. The Morgan fingerprint density at radius 3 is 2.37 bits per heavy atom. The van der Waals surface area contributed by atoms with Gasteiger partial charge in [0.15, 0.2) is 0 Å². The lowest BCUT2D eigenvalue weighted by molar-refractivity contribution is -0.152. The summed E-state index contributed by atoms with van der Waals surface area (Å²) in [5.41, 5.74) is 2.10. The van der Waals surface area contributed by atoms with Crippen LogP contribution in [0.4, 0.5) is 0 Å². The number of carbonyl (C=O) groups is 1. The highest BCUT2D eigenvalue weighted by atomic mass is 16.4. The minimum atomic E-state index is -0.621. The molecule has 0 aromatic heterocycles. The van der Waals surface area contributed by atoms with Crippen LogP contribution in [0.5, 0.6) is 0 Å². The van der Waals surface area contributed by atoms with Gasteiger partial charge < -0.3 is 5.11 Å². The summed E-state index contributed by atoms with van der Waals surface area (Å²) >= 11 is 0. The SMILES string of the molecule is Cc1cccc(CC2(C(=O)O)CCC(C)(C)CC2)c1. The normalized spacial score (nSPS) is 21.0. The van der Waals surface area contributed by atoms with Crippen molar-refractivity contribution in [3.8, 4) is 0 Å². The van der Waals surface area contributed by atoms with E-state index >= 15 is 0 Å². The van der Waals surface area contributed by atoms with E-state index in [4.69, 9.17) is 0 Å². The summed E-state index contributed by atoms with van der Waals surface area (Å²) in [6.45, 7) is 6.54. The van der Waals surface area contributed by atoms with Crippen molar-refractivity contribution >= 4 is 5.97 Å². The van der Waals surface area contributed by atoms with Crippen LogP contribution in [0.25, 0.3) is 0 Å². The van der Waals surface area contributed by atoms with E-state index in [-0.39, 0.29) is 0 Å². The quantitative estimate of drug-likeness (QED) is 0.884. The summed E-state index contributed by atoms with van der Waals surface area (Å²) in [5, 5.41) is 9.69. The molecule has 1 saturated carbocycles. The molecule has 0 heterocycles. The van der Waals surface area contributed by atoms with Gasteiger partial charge in [-0.25, -0.2) is 0 Å². The molecule has 1 aromatic carbocycles. The number of hydrogen-bond acceptors (Lipinski definition) is 1. The average molecular weight is 260 g/mol. The summed E-state index contributed by atoms with van der Waals surface area (Å²) in [7, 11) is 0. The van der Waals surface area contributed by atoms with Crippen LogP contribution >= 0.6 is 0 Å². The topological polar surface area (TPSA) is 37.3 Å². The van der Waals surface area contributed by atoms with Gasteiger partial charge in [0.05, 0.1) is 5.41 Å². The smallest absolute Gasteiger partial charge is 0.309 e. The maximum absolute atomic E-state index is 11.8. The van der Waals surface area contributed by atoms with Gasteiger partial charge in [0.25, 0.3) is 0 Å². The molecular formula is C17H24O2. The predicted octanol–water partition coefficient (Wildman–Crippen LogP) is 4.21. The zero-order valence-electron chi connectivity index (χ0n) is 12.2. The van der Waals surface area contributed by atoms with Crippen molar-refractivity contribution in [1.29, 1.82) is 0 Å². The monoisotopic (exact) mass is 260 g/mol. The zero-order chi connectivity index (χ0) is 14.1. The van der Waals surface area contributed by atoms with Crippen LogP contribution in [0.15, 0.2) is 24.3 Å². The zero-order valence-corrected chi connectivity index (χ0v) is 12.2. The van der Waals surface area contributed by atoms with Gasteiger partial charge in [0.2, 0.25) is 0 Å². The van der Waals surface area contributed by atoms with Crippen LogP contribution < -0.4 is 0 Å². The first-order chi connectivity index (χ1) is 8.83. The first-order valence-corrected chi connectivity index (χ1v) is 7.12. The van der Waals surface area contributed by atoms with E-state index in [0.717, 1.165) is 31.2 Å². The highest BCUT2D eigenvalue weighted by Gasteiger charge is 2.43. The number of rotatable bonds is 3. The maximum Gasteiger partial charge on any atom is 0.309 e. The number of aliphatic carboxylic acids is 1. The van der Waals surface area contributed by atoms with Crippen molar-refractivity contribution in [2.24, 2.45) is 10.8 Å². The van der Waals surface area contributed by atoms with E-state index in [1.807, 2.05) is 6.07 Å². The van der Waals surface area contributed by atoms with Crippen LogP contribution in [0, 0.1) is 17.8 Å². The Kier molecular flexibility index (Phi) is 3.71. The van der Waals surface area contributed by atoms with Gasteiger partial charge in [0.1, 0.15) is 0 Å². The van der Waals surface area contributed by atoms with Crippen molar-refractivity contribution in [3.05, 3.63) is 35.4 Å². The predicted molar refractivity (Wildman–Crippen MR) is 77.2 cm³/mol. The van der Waals surface area contributed by atoms with Crippen molar-refractivity contribution in [2.45, 2.75) is 52.9 Å². The molecule has 0 atom stereocenters. The lowest BCUT2D eigenvalue weighted by Gasteiger charge is -2.41. The highest BCUT2D eigenvalue weighted by molar-refractivity contribution is 5.75. The molecule has 19 heavy (non-hydrogen) atoms. The molecule has 0 saturated heterocycles. The second kappa shape index (κ2) is 4.99. The first-order valence-electron chi connectivity index (χ1n) is 7.12. The molecule has 1 aromatic rings. The third-order valence-corrected chi connectivity index (χ3v) is 4.64. The second-order valence-corrected chi connectivity index (χ2v) is 6.92. The van der Waals surface area contributed by atoms with E-state index in [9.17, 15) is 9.90 Å². The third-order valence-electron chi connectivity index (χ3n) is 4.64. The lowest BCUT2D eigenvalue weighted by atomic mass is 9.63. The summed E-state index contributed by atoms with van der Waals surface area (Å²) in [6, 6.07) is 8.25. The van der Waals surface area contributed by atoms with Crippen molar-refractivity contribution in [2.75, 3.05) is 0 Å². The number of benzene rings is 1. The molecule has 2 heteroatoms. The van der Waals surface area contributed by atoms with E-state index in [2.05, 4.69) is 39.0 Å². The van der Waals surface area contributed by atoms with Gasteiger partial charge in [-0.05, 0) is 50.0 Å². The lowest BCUT2D eigenvalue weighted by Crippen LogP contribution is -2.39. The third kappa shape index (κ3) is 3.17. The number of hydrogen-bond donors (Lipinski definition) is 1. The number of aryl methyl sites for hydroxylation is 1. The molecule has 2 nitrogen and oxygen atoms in total. The average Bonchev–Trinajstić information content (AvgIpc) is 2.32. The Bertz CT molecular complexity index is 464. The summed E-state index contributed by atoms with van der Waals surface area (Å²) < 4.78 is 0. The van der Waals surface area contributed by atoms with E-state index in [1.54, 1.807) is 0 Å². The molecule has 0 aliphatic heterocycles. The molecule has 0 radical (unpaired) electrons. The highest BCUT2D eigenvalue weighted by Crippen LogP contribution is 2.47. The summed E-state index contributed by atoms with van der Waals surface area (Å²) in [5.74, 6) is -0.621. The van der Waals surface area contributed by atoms with Crippen LogP contribution in [-0.2, 0) is 11.2 Å². The van der Waals surface area contributed by atoms with Crippen LogP contribution in [0.3, 0.4) is 0 Å². The number of carboxylic acid groups (broad SMARTS) is 1. The molecule has 104 valence electrons. The van der Waals surface area contributed by atoms with E-state index < -0.39 is 11.4 Å². The molecular weight excluding hydrogens is 236 g/mol. The van der Waals surface area contributed by atoms with Gasteiger partial charge in [-0.3, -0.25) is 4.79 Å². The first kappa shape index (κ1) is 14.1. The Balaban J connectivity index is 2.20. The molecule has 1 aliphatic rings. The van der Waals surface area contributed by atoms with Crippen LogP contribution in [0.1, 0.15) is 50.7 Å². The minimum absolute atomic E-state index is 0.297. The Hall–Kier alpha value is -1.31. The van der Waals surface area contributed by atoms with Crippen molar-refractivity contribution < 1.29 is 9.90 Å². The molecule has 0 spiro atoms. The number of carboxylic acids is 1. The van der Waals surface area contributed by atoms with Gasteiger partial charge in [-0.15, -0.1) is 0 Å². The summed E-state index contributed by atoms with van der Waals surface area (Å²) in [6.07, 6.45) is 4.27. The van der Waals surface area contributed by atoms with Gasteiger partial charge >= 0.3 is 5.97 Å². The molecule has 0 amide bonds. The van der Waals surface area contributed by atoms with Crippen LogP contribution in [-0.4, -0.2) is 11.1 Å². The second-order valence-electron chi connectivity index (χ2n) is 6.92. The van der Waals surface area contributed by atoms with Crippen molar-refractivity contribution in [1.82, 2.24) is 0 Å². The molecule has 0 unspecified atom stereocenters. The Morgan fingerprint density at radius 2 is 1.84 bits per heavy atom. The largest absolute Gasteiger partial charge is 0.481 e. The maximum atomic E-state index is 11.8. The van der Waals surface area contributed by atoms with Crippen LogP contribution in [0.2, 0.25) is 0 Å². The fourth-order valence-corrected chi connectivity index (χ4v) is 3.08. The van der Waals surface area contributed by atoms with E-state index in [1.165, 1.54) is 5.56 Å². The molecule has 2 rings (SSSR count). The Labute approximate surface area is 115 Å². The Morgan fingerprint density at radius 1 is 1.21 bits per heavy atom. The molecule has 1 fully saturated rings. The fraction of sp³-hybridized carbons (Fsp3) is 0.588. The summed E-state index contributed by atoms with van der Waals surface area (Å²) in [4.78, 5) is 11.8. The van der Waals surface area contributed by atoms with Gasteiger partial charge in [0, 0.05) is 0 Å². The molecule has 1 N–H and O–H groups in total.